The van der Waals surface area contributed by atoms with Gasteiger partial charge < -0.3 is 0 Å². The monoisotopic (exact) mass is 234 g/mol. The van der Waals surface area contributed by atoms with E-state index < -0.39 is 0 Å². The molecule has 0 saturated heterocycles. The first-order valence-electron chi connectivity index (χ1n) is 2.69. The molecule has 56 valence electrons. The van der Waals surface area contributed by atoms with E-state index >= 15 is 0 Å². The van der Waals surface area contributed by atoms with Crippen molar-refractivity contribution in [2.45, 2.75) is 16.7 Å². The van der Waals surface area contributed by atoms with Crippen LogP contribution in [-0.4, -0.2) is 18.0 Å². The number of benzene rings is 1. The molecule has 0 spiro atoms. The summed E-state index contributed by atoms with van der Waals surface area (Å²) in [5, 5.41) is 0. The molecule has 0 N–H and O–H groups in total. The van der Waals surface area contributed by atoms with Crippen molar-refractivity contribution in [3.63, 3.8) is 0 Å². The molecule has 0 aromatic heterocycles. The Hall–Kier alpha value is 0.478. The van der Waals surface area contributed by atoms with Crippen LogP contribution in [0.15, 0.2) is 28.0 Å². The van der Waals surface area contributed by atoms with Crippen molar-refractivity contribution >= 4 is 43.2 Å². The van der Waals surface area contributed by atoms with Gasteiger partial charge >= 0.3 is 18.0 Å². The minimum atomic E-state index is 0. The predicted octanol–water partition coefficient (Wildman–Crippen LogP) is 1.39. The Morgan fingerprint density at radius 3 is 2.10 bits per heavy atom. The molecule has 1 aromatic carbocycles. The van der Waals surface area contributed by atoms with Crippen LogP contribution in [0.1, 0.15) is 5.56 Å². The summed E-state index contributed by atoms with van der Waals surface area (Å²) in [6.07, 6.45) is 0. The fourth-order valence-corrected chi connectivity index (χ4v) is 1.05. The first-order valence-corrected chi connectivity index (χ1v) is 3.58. The molecule has 1 atom stereocenters. The van der Waals surface area contributed by atoms with Gasteiger partial charge in [-0.25, -0.2) is 0 Å². The molecule has 0 nitrogen and oxygen atoms in total. The van der Waals surface area contributed by atoms with Gasteiger partial charge in [0, 0.05) is 9.79 Å². The van der Waals surface area contributed by atoms with Gasteiger partial charge in [0.1, 0.15) is 0 Å². The summed E-state index contributed by atoms with van der Waals surface area (Å²) < 4.78 is 0. The zero-order valence-electron chi connectivity index (χ0n) is 5.83. The summed E-state index contributed by atoms with van der Waals surface area (Å²) in [5.74, 6) is 0. The summed E-state index contributed by atoms with van der Waals surface area (Å²) in [4.78, 5) is 1.88. The third kappa shape index (κ3) is 2.61. The summed E-state index contributed by atoms with van der Waals surface area (Å²) in [6.45, 7) is 2.03. The molecule has 0 amide bonds. The molecule has 0 bridgehead atoms. The van der Waals surface area contributed by atoms with E-state index in [1.807, 2.05) is 25.1 Å². The van der Waals surface area contributed by atoms with E-state index in [9.17, 15) is 0 Å². The molecule has 3 heteroatoms. The van der Waals surface area contributed by atoms with Crippen molar-refractivity contribution < 1.29 is 0 Å². The molecule has 0 aliphatic carbocycles. The number of aryl methyl sites for hydroxylation is 1. The second-order valence-corrected chi connectivity index (χ2v) is 2.96. The van der Waals surface area contributed by atoms with Crippen LogP contribution in [0.3, 0.4) is 0 Å². The normalized spacial score (nSPS) is 8.70. The molecule has 1 aromatic rings. The average molecular weight is 234 g/mol. The number of thiol groups is 2. The van der Waals surface area contributed by atoms with E-state index in [4.69, 9.17) is 0 Å². The van der Waals surface area contributed by atoms with E-state index in [0.717, 1.165) is 9.79 Å². The Balaban J connectivity index is 0.000000810. The Bertz CT molecular complexity index is 223. The van der Waals surface area contributed by atoms with Gasteiger partial charge in [-0.05, 0) is 24.6 Å². The first-order chi connectivity index (χ1) is 4.20. The van der Waals surface area contributed by atoms with Crippen molar-refractivity contribution in [3.8, 4) is 0 Å². The second-order valence-electron chi connectivity index (χ2n) is 1.99. The molecule has 0 fully saturated rings. The quantitative estimate of drug-likeness (QED) is 0.492. The third-order valence-corrected chi connectivity index (χ3v) is 2.07. The van der Waals surface area contributed by atoms with Crippen molar-refractivity contribution in [1.82, 2.24) is 0 Å². The van der Waals surface area contributed by atoms with Crippen molar-refractivity contribution in [2.75, 3.05) is 0 Å². The van der Waals surface area contributed by atoms with E-state index in [2.05, 4.69) is 25.3 Å². The fraction of sp³-hybridized carbons (Fsp3) is 0.143. The maximum atomic E-state index is 4.19. The van der Waals surface area contributed by atoms with Gasteiger partial charge in [0.05, 0.1) is 0 Å². The van der Waals surface area contributed by atoms with Gasteiger partial charge in [-0.1, -0.05) is 6.07 Å². The van der Waals surface area contributed by atoms with Gasteiger partial charge in [-0.3, -0.25) is 0 Å². The molecular formula is C7H11AsS2. The summed E-state index contributed by atoms with van der Waals surface area (Å²) in [6, 6.07) is 5.95. The summed E-state index contributed by atoms with van der Waals surface area (Å²) in [7, 11) is 0. The molecule has 10 heavy (non-hydrogen) atoms. The van der Waals surface area contributed by atoms with Gasteiger partial charge in [-0.2, -0.15) is 0 Å². The molecule has 0 aliphatic rings. The molecule has 0 saturated carbocycles. The topological polar surface area (TPSA) is 0 Å². The summed E-state index contributed by atoms with van der Waals surface area (Å²) >= 11 is 8.36. The van der Waals surface area contributed by atoms with Gasteiger partial charge in [0.25, 0.3) is 0 Å². The molecule has 1 unspecified atom stereocenters. The Morgan fingerprint density at radius 1 is 1.10 bits per heavy atom. The van der Waals surface area contributed by atoms with Crippen LogP contribution in [0, 0.1) is 6.92 Å². The molecule has 0 heterocycles. The predicted molar refractivity (Wildman–Crippen MR) is 55.6 cm³/mol. The molecular weight excluding hydrogens is 223 g/mol. The van der Waals surface area contributed by atoms with E-state index in [1.54, 1.807) is 0 Å². The van der Waals surface area contributed by atoms with E-state index in [-0.39, 0.29) is 18.0 Å². The Kier molecular flexibility index (Phi) is 4.59. The average Bonchev–Trinajstić information content (AvgIpc) is 1.80. The zero-order chi connectivity index (χ0) is 6.85. The van der Waals surface area contributed by atoms with Gasteiger partial charge in [-0.15, -0.1) is 25.3 Å². The van der Waals surface area contributed by atoms with Crippen LogP contribution in [0.4, 0.5) is 0 Å². The van der Waals surface area contributed by atoms with Crippen LogP contribution in [0.5, 0.6) is 0 Å². The van der Waals surface area contributed by atoms with Crippen molar-refractivity contribution in [1.29, 1.82) is 0 Å². The molecule has 0 aliphatic heterocycles. The van der Waals surface area contributed by atoms with Crippen LogP contribution < -0.4 is 0 Å². The summed E-state index contributed by atoms with van der Waals surface area (Å²) in [5.41, 5.74) is 1.22. The van der Waals surface area contributed by atoms with Crippen LogP contribution >= 0.6 is 25.3 Å². The SMILES string of the molecule is Cc1ccc(S)c(S)c1.[AsH3]. The maximum absolute atomic E-state index is 4.19. The van der Waals surface area contributed by atoms with E-state index in [1.165, 1.54) is 5.56 Å². The number of rotatable bonds is 0. The van der Waals surface area contributed by atoms with Gasteiger partial charge in [0.2, 0.25) is 0 Å². The van der Waals surface area contributed by atoms with Crippen LogP contribution in [-0.2, 0) is 0 Å². The second kappa shape index (κ2) is 4.38. The van der Waals surface area contributed by atoms with Crippen molar-refractivity contribution in [3.05, 3.63) is 23.8 Å². The first kappa shape index (κ1) is 10.5. The Labute approximate surface area is 83.5 Å². The number of hydrogen-bond donors (Lipinski definition) is 2. The third-order valence-electron chi connectivity index (χ3n) is 1.13. The molecule has 1 rings (SSSR count). The minimum absolute atomic E-state index is 0. The van der Waals surface area contributed by atoms with Gasteiger partial charge in [0.15, 0.2) is 0 Å². The fourth-order valence-electron chi connectivity index (χ4n) is 0.633. The standard InChI is InChI=1S/C7H8S2.AsH3/c1-5-2-3-6(8)7(9)4-5;/h2-4,8-9H,1H3;1H3. The van der Waals surface area contributed by atoms with Crippen molar-refractivity contribution in [2.24, 2.45) is 0 Å². The van der Waals surface area contributed by atoms with Crippen LogP contribution in [0.25, 0.3) is 0 Å². The van der Waals surface area contributed by atoms with Crippen LogP contribution in [0.2, 0.25) is 0 Å². The van der Waals surface area contributed by atoms with E-state index in [0.29, 0.717) is 0 Å². The number of hydrogen-bond acceptors (Lipinski definition) is 2. The Morgan fingerprint density at radius 2 is 1.70 bits per heavy atom. The molecule has 0 radical (unpaired) electrons. The zero-order valence-corrected chi connectivity index (χ0v) is 10.6.